The van der Waals surface area contributed by atoms with E-state index in [-0.39, 0.29) is 5.91 Å². The first-order chi connectivity index (χ1) is 11.6. The van der Waals surface area contributed by atoms with Crippen LogP contribution in [0.15, 0.2) is 40.5 Å². The van der Waals surface area contributed by atoms with Gasteiger partial charge in [0, 0.05) is 28.3 Å². The average molecular weight is 341 g/mol. The zero-order valence-corrected chi connectivity index (χ0v) is 14.7. The quantitative estimate of drug-likeness (QED) is 0.719. The predicted octanol–water partition coefficient (Wildman–Crippen LogP) is 3.49. The van der Waals surface area contributed by atoms with Crippen LogP contribution in [0.5, 0.6) is 0 Å². The van der Waals surface area contributed by atoms with E-state index in [1.165, 1.54) is 11.9 Å². The Bertz CT molecular complexity index is 873. The van der Waals surface area contributed by atoms with Gasteiger partial charge in [-0.25, -0.2) is 4.98 Å². The number of hydrogen-bond donors (Lipinski definition) is 1. The van der Waals surface area contributed by atoms with Gasteiger partial charge in [0.15, 0.2) is 0 Å². The van der Waals surface area contributed by atoms with Gasteiger partial charge in [0.1, 0.15) is 11.4 Å². The topological polar surface area (TPSA) is 72.2 Å². The van der Waals surface area contributed by atoms with E-state index in [0.717, 1.165) is 27.7 Å². The summed E-state index contributed by atoms with van der Waals surface area (Å²) < 4.78 is 1.78. The number of aryl methyl sites for hydroxylation is 1. The molecule has 0 bridgehead atoms. The number of aromatic nitrogens is 4. The maximum Gasteiger partial charge on any atom is 0.253 e. The van der Waals surface area contributed by atoms with Crippen molar-refractivity contribution < 1.29 is 4.79 Å². The van der Waals surface area contributed by atoms with Crippen LogP contribution in [0.4, 0.5) is 5.69 Å². The fourth-order valence-corrected chi connectivity index (χ4v) is 3.56. The Morgan fingerprint density at radius 3 is 2.67 bits per heavy atom. The van der Waals surface area contributed by atoms with E-state index in [1.807, 2.05) is 38.1 Å². The predicted molar refractivity (Wildman–Crippen MR) is 94.4 cm³/mol. The summed E-state index contributed by atoms with van der Waals surface area (Å²) in [6, 6.07) is 7.81. The number of carbonyl (C=O) groups is 1. The molecule has 0 aliphatic heterocycles. The van der Waals surface area contributed by atoms with Crippen LogP contribution in [0.1, 0.15) is 31.5 Å². The third-order valence-electron chi connectivity index (χ3n) is 3.71. The van der Waals surface area contributed by atoms with Crippen molar-refractivity contribution in [1.29, 1.82) is 0 Å². The second-order valence-electron chi connectivity index (χ2n) is 5.33. The van der Waals surface area contributed by atoms with Crippen LogP contribution < -0.4 is 5.32 Å². The van der Waals surface area contributed by atoms with Gasteiger partial charge in [-0.3, -0.25) is 4.79 Å². The zero-order valence-electron chi connectivity index (χ0n) is 13.9. The lowest BCUT2D eigenvalue weighted by atomic mass is 10.2. The summed E-state index contributed by atoms with van der Waals surface area (Å²) in [5.74, 6) is 0.622. The molecule has 1 aromatic carbocycles. The first kappa shape index (κ1) is 16.4. The monoisotopic (exact) mass is 341 g/mol. The maximum absolute atomic E-state index is 11.5. The van der Waals surface area contributed by atoms with E-state index >= 15 is 0 Å². The number of nitrogens with one attached hydrogen (secondary N) is 1. The van der Waals surface area contributed by atoms with Crippen molar-refractivity contribution in [2.24, 2.45) is 0 Å². The lowest BCUT2D eigenvalue weighted by Gasteiger charge is -2.12. The summed E-state index contributed by atoms with van der Waals surface area (Å²) in [4.78, 5) is 21.2. The molecule has 0 aliphatic rings. The largest absolute Gasteiger partial charge is 0.326 e. The summed E-state index contributed by atoms with van der Waals surface area (Å²) in [5.41, 5.74) is 2.95. The van der Waals surface area contributed by atoms with Gasteiger partial charge in [0.2, 0.25) is 5.91 Å². The van der Waals surface area contributed by atoms with E-state index in [2.05, 4.69) is 27.3 Å². The normalized spacial score (nSPS) is 11.0. The smallest absolute Gasteiger partial charge is 0.253 e. The molecule has 6 nitrogen and oxygen atoms in total. The molecule has 0 spiro atoms. The Morgan fingerprint density at radius 1 is 1.25 bits per heavy atom. The lowest BCUT2D eigenvalue weighted by molar-refractivity contribution is -0.115. The molecule has 0 atom stereocenters. The highest BCUT2D eigenvalue weighted by Gasteiger charge is 2.14. The van der Waals surface area contributed by atoms with E-state index in [4.69, 9.17) is 0 Å². The number of nitrogens with zero attached hydrogens (tertiary/aromatic N) is 4. The molecule has 0 aliphatic carbocycles. The molecule has 2 heterocycles. The molecule has 24 heavy (non-hydrogen) atoms. The molecule has 0 radical (unpaired) electrons. The fraction of sp³-hybridized carbons (Fsp3) is 0.294. The fourth-order valence-electron chi connectivity index (χ4n) is 2.43. The number of fused-ring (bicyclic) bond motifs is 1. The molecular formula is C17H19N5OS. The third kappa shape index (κ3) is 3.26. The first-order valence-corrected chi connectivity index (χ1v) is 8.71. The SMILES string of the molecule is CCC(=O)Nc1ccc(Sc2c(CC)c(C)nc3ncnn23)cc1. The molecular weight excluding hydrogens is 322 g/mol. The number of rotatable bonds is 5. The molecule has 3 rings (SSSR count). The second-order valence-corrected chi connectivity index (χ2v) is 6.40. The summed E-state index contributed by atoms with van der Waals surface area (Å²) in [5, 5.41) is 8.18. The third-order valence-corrected chi connectivity index (χ3v) is 4.83. The first-order valence-electron chi connectivity index (χ1n) is 7.89. The van der Waals surface area contributed by atoms with Gasteiger partial charge in [-0.1, -0.05) is 25.6 Å². The second kappa shape index (κ2) is 7.00. The van der Waals surface area contributed by atoms with Gasteiger partial charge >= 0.3 is 0 Å². The lowest BCUT2D eigenvalue weighted by Crippen LogP contribution is -2.09. The molecule has 0 saturated heterocycles. The Morgan fingerprint density at radius 2 is 2.00 bits per heavy atom. The minimum absolute atomic E-state index is 0.0118. The van der Waals surface area contributed by atoms with Crippen LogP contribution in [0.3, 0.4) is 0 Å². The van der Waals surface area contributed by atoms with Gasteiger partial charge in [-0.2, -0.15) is 14.6 Å². The van der Waals surface area contributed by atoms with Crippen LogP contribution in [-0.2, 0) is 11.2 Å². The van der Waals surface area contributed by atoms with Gasteiger partial charge in [-0.05, 0) is 37.6 Å². The van der Waals surface area contributed by atoms with Gasteiger partial charge in [0.25, 0.3) is 5.78 Å². The van der Waals surface area contributed by atoms with Crippen LogP contribution in [0, 0.1) is 6.92 Å². The van der Waals surface area contributed by atoms with Crippen molar-refractivity contribution in [2.45, 2.75) is 43.5 Å². The highest BCUT2D eigenvalue weighted by Crippen LogP contribution is 2.32. The number of anilines is 1. The van der Waals surface area contributed by atoms with E-state index in [1.54, 1.807) is 16.3 Å². The van der Waals surface area contributed by atoms with E-state index in [0.29, 0.717) is 12.2 Å². The van der Waals surface area contributed by atoms with Crippen LogP contribution in [-0.4, -0.2) is 25.5 Å². The van der Waals surface area contributed by atoms with E-state index < -0.39 is 0 Å². The molecule has 0 fully saturated rings. The molecule has 124 valence electrons. The molecule has 3 aromatic rings. The zero-order chi connectivity index (χ0) is 17.1. The highest BCUT2D eigenvalue weighted by molar-refractivity contribution is 7.99. The maximum atomic E-state index is 11.5. The van der Waals surface area contributed by atoms with Crippen molar-refractivity contribution in [3.05, 3.63) is 41.9 Å². The molecule has 2 aromatic heterocycles. The number of benzene rings is 1. The van der Waals surface area contributed by atoms with Crippen molar-refractivity contribution >= 4 is 29.1 Å². The summed E-state index contributed by atoms with van der Waals surface area (Å²) in [7, 11) is 0. The standard InChI is InChI=1S/C17H19N5OS/c1-4-14-11(3)20-17-18-10-19-22(17)16(14)24-13-8-6-12(7-9-13)21-15(23)5-2/h6-10H,4-5H2,1-3H3,(H,21,23). The molecule has 1 amide bonds. The Balaban J connectivity index is 1.92. The van der Waals surface area contributed by atoms with Crippen molar-refractivity contribution in [2.75, 3.05) is 5.32 Å². The number of carbonyl (C=O) groups excluding carboxylic acids is 1. The summed E-state index contributed by atoms with van der Waals surface area (Å²) in [6.07, 6.45) is 2.87. The van der Waals surface area contributed by atoms with Gasteiger partial charge in [0.05, 0.1) is 0 Å². The Hall–Kier alpha value is -2.41. The average Bonchev–Trinajstić information content (AvgIpc) is 3.04. The molecule has 7 heteroatoms. The van der Waals surface area contributed by atoms with Crippen LogP contribution >= 0.6 is 11.8 Å². The molecule has 1 N–H and O–H groups in total. The van der Waals surface area contributed by atoms with Crippen LogP contribution in [0.25, 0.3) is 5.78 Å². The number of hydrogen-bond acceptors (Lipinski definition) is 5. The Kier molecular flexibility index (Phi) is 4.80. The van der Waals surface area contributed by atoms with Crippen molar-refractivity contribution in [1.82, 2.24) is 19.6 Å². The number of amides is 1. The minimum atomic E-state index is 0.0118. The highest BCUT2D eigenvalue weighted by atomic mass is 32.2. The van der Waals surface area contributed by atoms with Crippen LogP contribution in [0.2, 0.25) is 0 Å². The minimum Gasteiger partial charge on any atom is -0.326 e. The van der Waals surface area contributed by atoms with Crippen molar-refractivity contribution in [3.8, 4) is 0 Å². The van der Waals surface area contributed by atoms with Crippen molar-refractivity contribution in [3.63, 3.8) is 0 Å². The van der Waals surface area contributed by atoms with E-state index in [9.17, 15) is 4.79 Å². The molecule has 0 saturated carbocycles. The molecule has 0 unspecified atom stereocenters. The van der Waals surface area contributed by atoms with Gasteiger partial charge in [-0.15, -0.1) is 0 Å². The Labute approximate surface area is 144 Å². The summed E-state index contributed by atoms with van der Waals surface area (Å²) >= 11 is 1.63. The van der Waals surface area contributed by atoms with Gasteiger partial charge < -0.3 is 5.32 Å². The summed E-state index contributed by atoms with van der Waals surface area (Å²) in [6.45, 7) is 5.95.